The lowest BCUT2D eigenvalue weighted by Gasteiger charge is -2.34. The standard InChI is InChI=1S/C23H29ClN4O2/c1-3-26-28-21(22(29)25-14-13-17-9-5-4-6-10-17)27-16(2)19(23(28)30)15-18-11-7-8-12-20(18)24/h3,7-9,11-12,21,27H,4-6,10,13-15H2,1-2H3,(H,25,29)/b26-3-. The third kappa shape index (κ3) is 5.30. The zero-order chi connectivity index (χ0) is 21.5. The zero-order valence-corrected chi connectivity index (χ0v) is 18.3. The molecule has 0 radical (unpaired) electrons. The number of benzene rings is 1. The smallest absolute Gasteiger partial charge is 0.274 e. The Kier molecular flexibility index (Phi) is 7.69. The van der Waals surface area contributed by atoms with Crippen molar-refractivity contribution in [3.05, 3.63) is 57.8 Å². The Labute approximate surface area is 183 Å². The van der Waals surface area contributed by atoms with Gasteiger partial charge in [-0.15, -0.1) is 0 Å². The summed E-state index contributed by atoms with van der Waals surface area (Å²) in [6.45, 7) is 4.08. The van der Waals surface area contributed by atoms with E-state index in [-0.39, 0.29) is 11.8 Å². The van der Waals surface area contributed by atoms with Crippen LogP contribution in [0.3, 0.4) is 0 Å². The van der Waals surface area contributed by atoms with Gasteiger partial charge in [0.15, 0.2) is 0 Å². The molecule has 160 valence electrons. The highest BCUT2D eigenvalue weighted by atomic mass is 35.5. The predicted octanol–water partition coefficient (Wildman–Crippen LogP) is 3.93. The molecule has 1 aromatic carbocycles. The molecule has 0 fully saturated rings. The molecule has 3 rings (SSSR count). The zero-order valence-electron chi connectivity index (χ0n) is 17.6. The number of hydrogen-bond acceptors (Lipinski definition) is 4. The number of nitrogens with zero attached hydrogens (tertiary/aromatic N) is 2. The maximum Gasteiger partial charge on any atom is 0.274 e. The van der Waals surface area contributed by atoms with E-state index in [1.807, 2.05) is 25.1 Å². The van der Waals surface area contributed by atoms with Crippen molar-refractivity contribution in [1.82, 2.24) is 15.6 Å². The molecule has 2 amide bonds. The molecule has 6 nitrogen and oxygen atoms in total. The molecule has 1 heterocycles. The van der Waals surface area contributed by atoms with Crippen LogP contribution >= 0.6 is 11.6 Å². The number of rotatable bonds is 7. The summed E-state index contributed by atoms with van der Waals surface area (Å²) >= 11 is 6.27. The van der Waals surface area contributed by atoms with Gasteiger partial charge in [0, 0.05) is 35.5 Å². The Morgan fingerprint density at radius 3 is 2.87 bits per heavy atom. The molecular weight excluding hydrogens is 400 g/mol. The fraction of sp³-hybridized carbons (Fsp3) is 0.435. The minimum absolute atomic E-state index is 0.262. The van der Waals surface area contributed by atoms with Gasteiger partial charge in [0.05, 0.1) is 0 Å². The highest BCUT2D eigenvalue weighted by Crippen LogP contribution is 2.25. The van der Waals surface area contributed by atoms with E-state index in [2.05, 4.69) is 21.8 Å². The number of allylic oxidation sites excluding steroid dienone is 2. The summed E-state index contributed by atoms with van der Waals surface area (Å²) in [7, 11) is 0. The summed E-state index contributed by atoms with van der Waals surface area (Å²) < 4.78 is 0. The molecule has 1 aliphatic heterocycles. The number of hydrazone groups is 1. The molecule has 0 saturated carbocycles. The average Bonchev–Trinajstić information content (AvgIpc) is 2.75. The van der Waals surface area contributed by atoms with Gasteiger partial charge in [0.2, 0.25) is 6.17 Å². The highest BCUT2D eigenvalue weighted by molar-refractivity contribution is 6.31. The minimum Gasteiger partial charge on any atom is -0.359 e. The molecule has 2 N–H and O–H groups in total. The third-order valence-electron chi connectivity index (χ3n) is 5.46. The molecular formula is C23H29ClN4O2. The van der Waals surface area contributed by atoms with Crippen LogP contribution < -0.4 is 10.6 Å². The van der Waals surface area contributed by atoms with Crippen LogP contribution in [0.4, 0.5) is 0 Å². The number of amides is 2. The Morgan fingerprint density at radius 2 is 2.17 bits per heavy atom. The van der Waals surface area contributed by atoms with Crippen LogP contribution in [0.25, 0.3) is 0 Å². The van der Waals surface area contributed by atoms with E-state index in [0.29, 0.717) is 29.3 Å². The van der Waals surface area contributed by atoms with Gasteiger partial charge in [-0.1, -0.05) is 41.4 Å². The average molecular weight is 429 g/mol. The quantitative estimate of drug-likeness (QED) is 0.510. The normalized spacial score (nSPS) is 19.7. The highest BCUT2D eigenvalue weighted by Gasteiger charge is 2.36. The van der Waals surface area contributed by atoms with E-state index in [9.17, 15) is 9.59 Å². The lowest BCUT2D eigenvalue weighted by atomic mass is 9.97. The van der Waals surface area contributed by atoms with Gasteiger partial charge in [-0.2, -0.15) is 10.1 Å². The van der Waals surface area contributed by atoms with Crippen LogP contribution in [0.2, 0.25) is 5.02 Å². The Balaban J connectivity index is 1.71. The molecule has 30 heavy (non-hydrogen) atoms. The second-order valence-corrected chi connectivity index (χ2v) is 8.00. The molecule has 0 saturated heterocycles. The Hall–Kier alpha value is -2.60. The molecule has 1 atom stereocenters. The van der Waals surface area contributed by atoms with E-state index in [0.717, 1.165) is 24.8 Å². The van der Waals surface area contributed by atoms with Gasteiger partial charge in [-0.05, 0) is 57.6 Å². The van der Waals surface area contributed by atoms with Gasteiger partial charge in [-0.3, -0.25) is 9.59 Å². The van der Waals surface area contributed by atoms with Crippen LogP contribution in [-0.4, -0.2) is 35.7 Å². The number of carbonyl (C=O) groups excluding carboxylic acids is 2. The first-order valence-electron chi connectivity index (χ1n) is 10.5. The van der Waals surface area contributed by atoms with E-state index in [4.69, 9.17) is 11.6 Å². The molecule has 1 unspecified atom stereocenters. The number of hydrogen-bond donors (Lipinski definition) is 2. The fourth-order valence-corrected chi connectivity index (χ4v) is 4.01. The predicted molar refractivity (Wildman–Crippen MR) is 120 cm³/mol. The lowest BCUT2D eigenvalue weighted by Crippen LogP contribution is -2.58. The second-order valence-electron chi connectivity index (χ2n) is 7.59. The van der Waals surface area contributed by atoms with Gasteiger partial charge in [-0.25, -0.2) is 0 Å². The number of halogens is 1. The summed E-state index contributed by atoms with van der Waals surface area (Å²) in [6.07, 6.45) is 8.83. The summed E-state index contributed by atoms with van der Waals surface area (Å²) in [5.74, 6) is -0.555. The Morgan fingerprint density at radius 1 is 1.37 bits per heavy atom. The van der Waals surface area contributed by atoms with Gasteiger partial charge >= 0.3 is 0 Å². The van der Waals surface area contributed by atoms with E-state index < -0.39 is 6.17 Å². The molecule has 2 aliphatic rings. The van der Waals surface area contributed by atoms with Crippen molar-refractivity contribution in [2.45, 2.75) is 58.5 Å². The summed E-state index contributed by atoms with van der Waals surface area (Å²) in [6, 6.07) is 7.43. The van der Waals surface area contributed by atoms with Crippen LogP contribution in [0, 0.1) is 0 Å². The Bertz CT molecular complexity index is 891. The molecule has 0 spiro atoms. The summed E-state index contributed by atoms with van der Waals surface area (Å²) in [5.41, 5.74) is 3.46. The largest absolute Gasteiger partial charge is 0.359 e. The number of carbonyl (C=O) groups is 2. The first kappa shape index (κ1) is 22.1. The van der Waals surface area contributed by atoms with Crippen molar-refractivity contribution in [2.24, 2.45) is 5.10 Å². The maximum absolute atomic E-state index is 13.2. The molecule has 0 aromatic heterocycles. The first-order valence-corrected chi connectivity index (χ1v) is 10.9. The van der Waals surface area contributed by atoms with Crippen molar-refractivity contribution >= 4 is 29.6 Å². The topological polar surface area (TPSA) is 73.8 Å². The van der Waals surface area contributed by atoms with E-state index in [1.54, 1.807) is 13.0 Å². The fourth-order valence-electron chi connectivity index (χ4n) is 3.80. The van der Waals surface area contributed by atoms with Gasteiger partial charge < -0.3 is 10.6 Å². The first-order chi connectivity index (χ1) is 14.5. The van der Waals surface area contributed by atoms with Crippen molar-refractivity contribution in [3.63, 3.8) is 0 Å². The maximum atomic E-state index is 13.2. The molecule has 0 bridgehead atoms. The van der Waals surface area contributed by atoms with Crippen LogP contribution in [0.15, 0.2) is 52.3 Å². The van der Waals surface area contributed by atoms with Crippen molar-refractivity contribution < 1.29 is 9.59 Å². The monoisotopic (exact) mass is 428 g/mol. The third-order valence-corrected chi connectivity index (χ3v) is 5.83. The number of nitrogens with one attached hydrogen (secondary N) is 2. The second kappa shape index (κ2) is 10.4. The van der Waals surface area contributed by atoms with Gasteiger partial charge in [0.25, 0.3) is 11.8 Å². The van der Waals surface area contributed by atoms with E-state index >= 15 is 0 Å². The van der Waals surface area contributed by atoms with Crippen molar-refractivity contribution in [3.8, 4) is 0 Å². The van der Waals surface area contributed by atoms with E-state index in [1.165, 1.54) is 29.6 Å². The van der Waals surface area contributed by atoms with Crippen LogP contribution in [-0.2, 0) is 16.0 Å². The molecule has 1 aromatic rings. The van der Waals surface area contributed by atoms with Crippen LogP contribution in [0.1, 0.15) is 51.5 Å². The molecule has 1 aliphatic carbocycles. The van der Waals surface area contributed by atoms with Crippen molar-refractivity contribution in [2.75, 3.05) is 6.54 Å². The lowest BCUT2D eigenvalue weighted by molar-refractivity contribution is -0.140. The van der Waals surface area contributed by atoms with Crippen molar-refractivity contribution in [1.29, 1.82) is 0 Å². The molecule has 7 heteroatoms. The minimum atomic E-state index is -0.871. The summed E-state index contributed by atoms with van der Waals surface area (Å²) in [4.78, 5) is 26.0. The summed E-state index contributed by atoms with van der Waals surface area (Å²) in [5, 5.41) is 12.1. The van der Waals surface area contributed by atoms with Crippen LogP contribution in [0.5, 0.6) is 0 Å². The van der Waals surface area contributed by atoms with Gasteiger partial charge in [0.1, 0.15) is 0 Å². The SMILES string of the molecule is C/C=N\N1C(=O)C(Cc2ccccc2Cl)=C(C)NC1C(=O)NCCC1=CCCCC1.